The number of hydrogen-bond donors (Lipinski definition) is 2. The molecule has 1 aromatic carbocycles. The van der Waals surface area contributed by atoms with Crippen LogP contribution in [0.1, 0.15) is 12.8 Å². The lowest BCUT2D eigenvalue weighted by Gasteiger charge is -2.22. The third-order valence-electron chi connectivity index (χ3n) is 3.40. The summed E-state index contributed by atoms with van der Waals surface area (Å²) in [6.07, 6.45) is 1.76. The molecule has 1 fully saturated rings. The lowest BCUT2D eigenvalue weighted by Crippen LogP contribution is -2.37. The molecule has 1 aromatic rings. The van der Waals surface area contributed by atoms with E-state index in [4.69, 9.17) is 9.47 Å². The maximum atomic E-state index is 13.9. The topological polar surface area (TPSA) is 59.6 Å². The van der Waals surface area contributed by atoms with Gasteiger partial charge in [-0.05, 0) is 19.4 Å². The summed E-state index contributed by atoms with van der Waals surface area (Å²) in [7, 11) is 2.90. The summed E-state index contributed by atoms with van der Waals surface area (Å²) in [5.74, 6) is -0.173. The highest BCUT2D eigenvalue weighted by Crippen LogP contribution is 2.32. The summed E-state index contributed by atoms with van der Waals surface area (Å²) in [5.41, 5.74) is 0.109. The van der Waals surface area contributed by atoms with E-state index in [2.05, 4.69) is 10.6 Å². The van der Waals surface area contributed by atoms with E-state index < -0.39 is 5.82 Å². The minimum absolute atomic E-state index is 0. The molecule has 0 saturated carbocycles. The van der Waals surface area contributed by atoms with Gasteiger partial charge >= 0.3 is 0 Å². The molecule has 0 aliphatic carbocycles. The van der Waals surface area contributed by atoms with E-state index >= 15 is 0 Å². The van der Waals surface area contributed by atoms with Crippen LogP contribution in [0.5, 0.6) is 11.5 Å². The number of carbonyl (C=O) groups is 1. The number of benzene rings is 1. The molecule has 1 aliphatic rings. The van der Waals surface area contributed by atoms with Gasteiger partial charge in [-0.25, -0.2) is 4.39 Å². The van der Waals surface area contributed by atoms with Crippen molar-refractivity contribution in [1.82, 2.24) is 5.32 Å². The molecular weight excluding hydrogens is 299 g/mol. The summed E-state index contributed by atoms with van der Waals surface area (Å²) < 4.78 is 24.0. The molecule has 2 rings (SSSR count). The fourth-order valence-corrected chi connectivity index (χ4v) is 2.26. The molecule has 1 heterocycles. The fraction of sp³-hybridized carbons (Fsp3) is 0.500. The lowest BCUT2D eigenvalue weighted by molar-refractivity contribution is -0.120. The van der Waals surface area contributed by atoms with Crippen LogP contribution < -0.4 is 20.1 Å². The Bertz CT molecular complexity index is 493. The number of nitrogens with one attached hydrogen (secondary N) is 2. The average molecular weight is 319 g/mol. The normalized spacial score (nSPS) is 17.6. The van der Waals surface area contributed by atoms with Crippen LogP contribution in [0, 0.1) is 11.7 Å². The van der Waals surface area contributed by atoms with Gasteiger partial charge in [0.25, 0.3) is 0 Å². The number of carbonyl (C=O) groups excluding carboxylic acids is 1. The third-order valence-corrected chi connectivity index (χ3v) is 3.40. The number of ether oxygens (including phenoxy) is 2. The molecule has 5 nitrogen and oxygen atoms in total. The van der Waals surface area contributed by atoms with Gasteiger partial charge in [-0.3, -0.25) is 4.79 Å². The number of rotatable bonds is 4. The van der Waals surface area contributed by atoms with Crippen LogP contribution in [-0.2, 0) is 4.79 Å². The lowest BCUT2D eigenvalue weighted by atomic mass is 9.99. The van der Waals surface area contributed by atoms with Crippen LogP contribution in [-0.4, -0.2) is 33.2 Å². The van der Waals surface area contributed by atoms with Gasteiger partial charge in [0.15, 0.2) is 17.3 Å². The van der Waals surface area contributed by atoms with Crippen LogP contribution in [0.25, 0.3) is 0 Å². The fourth-order valence-electron chi connectivity index (χ4n) is 2.26. The number of halogens is 2. The van der Waals surface area contributed by atoms with Crippen molar-refractivity contribution in [3.05, 3.63) is 17.9 Å². The van der Waals surface area contributed by atoms with Crippen molar-refractivity contribution in [2.75, 3.05) is 32.6 Å². The first-order valence-corrected chi connectivity index (χ1v) is 6.58. The Morgan fingerprint density at radius 1 is 1.33 bits per heavy atom. The van der Waals surface area contributed by atoms with Crippen LogP contribution in [0.2, 0.25) is 0 Å². The highest BCUT2D eigenvalue weighted by Gasteiger charge is 2.22. The quantitative estimate of drug-likeness (QED) is 0.893. The molecule has 0 bridgehead atoms. The third kappa shape index (κ3) is 4.22. The van der Waals surface area contributed by atoms with Gasteiger partial charge < -0.3 is 20.1 Å². The van der Waals surface area contributed by atoms with Crippen molar-refractivity contribution in [3.8, 4) is 11.5 Å². The summed E-state index contributed by atoms with van der Waals surface area (Å²) >= 11 is 0. The van der Waals surface area contributed by atoms with Crippen molar-refractivity contribution in [2.45, 2.75) is 12.8 Å². The second-order valence-electron chi connectivity index (χ2n) is 4.72. The highest BCUT2D eigenvalue weighted by atomic mass is 35.5. The number of amides is 1. The van der Waals surface area contributed by atoms with E-state index in [0.717, 1.165) is 19.4 Å². The zero-order valence-electron chi connectivity index (χ0n) is 12.1. The van der Waals surface area contributed by atoms with Gasteiger partial charge in [-0.15, -0.1) is 12.4 Å². The van der Waals surface area contributed by atoms with E-state index in [1.54, 1.807) is 0 Å². The van der Waals surface area contributed by atoms with Crippen LogP contribution in [0.15, 0.2) is 12.1 Å². The van der Waals surface area contributed by atoms with E-state index in [1.165, 1.54) is 26.4 Å². The largest absolute Gasteiger partial charge is 0.493 e. The van der Waals surface area contributed by atoms with Crippen molar-refractivity contribution in [2.24, 2.45) is 5.92 Å². The van der Waals surface area contributed by atoms with Crippen LogP contribution in [0.4, 0.5) is 10.1 Å². The smallest absolute Gasteiger partial charge is 0.228 e. The van der Waals surface area contributed by atoms with Crippen molar-refractivity contribution in [3.63, 3.8) is 0 Å². The predicted molar refractivity (Wildman–Crippen MR) is 81.0 cm³/mol. The summed E-state index contributed by atoms with van der Waals surface area (Å²) in [5, 5.41) is 5.77. The number of hydrogen-bond acceptors (Lipinski definition) is 4. The molecule has 1 aliphatic heterocycles. The average Bonchev–Trinajstić information content (AvgIpc) is 2.49. The molecule has 0 radical (unpaired) electrons. The summed E-state index contributed by atoms with van der Waals surface area (Å²) in [6, 6.07) is 2.63. The zero-order chi connectivity index (χ0) is 14.5. The van der Waals surface area contributed by atoms with E-state index in [1.807, 2.05) is 0 Å². The number of methoxy groups -OCH3 is 2. The minimum Gasteiger partial charge on any atom is -0.493 e. The predicted octanol–water partition coefficient (Wildman–Crippen LogP) is 2.20. The molecule has 7 heteroatoms. The Morgan fingerprint density at radius 2 is 2.00 bits per heavy atom. The second kappa shape index (κ2) is 8.05. The Hall–Kier alpha value is -1.53. The Labute approximate surface area is 129 Å². The van der Waals surface area contributed by atoms with Gasteiger partial charge in [0.1, 0.15) is 0 Å². The highest BCUT2D eigenvalue weighted by molar-refractivity contribution is 5.93. The molecule has 118 valence electrons. The molecule has 2 N–H and O–H groups in total. The summed E-state index contributed by atoms with van der Waals surface area (Å²) in [4.78, 5) is 12.1. The maximum absolute atomic E-state index is 13.9. The molecule has 1 amide bonds. The van der Waals surface area contributed by atoms with Gasteiger partial charge in [-0.1, -0.05) is 0 Å². The van der Waals surface area contributed by atoms with Gasteiger partial charge in [0.2, 0.25) is 5.91 Å². The van der Waals surface area contributed by atoms with Gasteiger partial charge in [0.05, 0.1) is 25.8 Å². The molecule has 0 aromatic heterocycles. The molecule has 1 saturated heterocycles. The van der Waals surface area contributed by atoms with E-state index in [9.17, 15) is 9.18 Å². The summed E-state index contributed by atoms with van der Waals surface area (Å²) in [6.45, 7) is 1.55. The zero-order valence-corrected chi connectivity index (χ0v) is 12.9. The van der Waals surface area contributed by atoms with Crippen molar-refractivity contribution < 1.29 is 18.7 Å². The Kier molecular flexibility index (Phi) is 6.71. The van der Waals surface area contributed by atoms with Gasteiger partial charge in [-0.2, -0.15) is 0 Å². The van der Waals surface area contributed by atoms with Gasteiger partial charge in [0, 0.05) is 18.7 Å². The van der Waals surface area contributed by atoms with E-state index in [-0.39, 0.29) is 29.9 Å². The first kappa shape index (κ1) is 17.5. The van der Waals surface area contributed by atoms with E-state index in [0.29, 0.717) is 18.0 Å². The monoisotopic (exact) mass is 318 g/mol. The van der Waals surface area contributed by atoms with Crippen LogP contribution in [0.3, 0.4) is 0 Å². The second-order valence-corrected chi connectivity index (χ2v) is 4.72. The molecular formula is C14H20ClFN2O3. The molecule has 0 spiro atoms. The minimum atomic E-state index is -0.542. The first-order valence-electron chi connectivity index (χ1n) is 6.58. The number of anilines is 1. The first-order chi connectivity index (χ1) is 9.65. The maximum Gasteiger partial charge on any atom is 0.228 e. The Balaban J connectivity index is 0.00000220. The molecule has 21 heavy (non-hydrogen) atoms. The van der Waals surface area contributed by atoms with Crippen molar-refractivity contribution in [1.29, 1.82) is 0 Å². The molecule has 1 atom stereocenters. The Morgan fingerprint density at radius 3 is 2.57 bits per heavy atom. The number of piperidine rings is 1. The molecule has 1 unspecified atom stereocenters. The standard InChI is InChI=1S/C14H19FN2O3.ClH/c1-19-12-6-10(15)11(7-13(12)20-2)17-14(18)9-4-3-5-16-8-9;/h6-7,9,16H,3-5,8H2,1-2H3,(H,17,18);1H. The van der Waals surface area contributed by atoms with Crippen LogP contribution >= 0.6 is 12.4 Å². The SMILES string of the molecule is COc1cc(F)c(NC(=O)C2CCCNC2)cc1OC.Cl. The van der Waals surface area contributed by atoms with Crippen molar-refractivity contribution >= 4 is 24.0 Å².